The summed E-state index contributed by atoms with van der Waals surface area (Å²) in [6.07, 6.45) is -0.462. The monoisotopic (exact) mass is 496 g/mol. The fourth-order valence-corrected chi connectivity index (χ4v) is 11.8. The fourth-order valence-electron chi connectivity index (χ4n) is 5.51. The average Bonchev–Trinajstić information content (AvgIpc) is 3.23. The van der Waals surface area contributed by atoms with Crippen LogP contribution in [0.2, 0.25) is 5.02 Å². The van der Waals surface area contributed by atoms with E-state index in [4.69, 9.17) is 16.1 Å². The van der Waals surface area contributed by atoms with Gasteiger partial charge in [-0.15, -0.1) is 0 Å². The molecule has 5 aromatic carbocycles. The maximum absolute atomic E-state index is 14.8. The van der Waals surface area contributed by atoms with Gasteiger partial charge in [-0.25, -0.2) is 0 Å². The summed E-state index contributed by atoms with van der Waals surface area (Å²) in [6.45, 7) is -3.74. The van der Waals surface area contributed by atoms with E-state index < -0.39 is 12.9 Å². The van der Waals surface area contributed by atoms with Crippen LogP contribution in [0.25, 0.3) is 0 Å². The van der Waals surface area contributed by atoms with Gasteiger partial charge in [0.1, 0.15) is 0 Å². The van der Waals surface area contributed by atoms with E-state index >= 15 is 0 Å². The van der Waals surface area contributed by atoms with Crippen LogP contribution in [0.5, 0.6) is 0 Å². The standard InChI is InChI=1S/C31H23ClFOP/c32-24-18-16-23(17-19-24)31-29-22-25(33)20-21-30(29)35(34-31,26-10-4-1-5-11-26,27-12-6-2-7-13-27)28-14-8-3-9-15-28/h1-22,31H. The van der Waals surface area contributed by atoms with Gasteiger partial charge in [-0.1, -0.05) is 0 Å². The van der Waals surface area contributed by atoms with Crippen LogP contribution in [-0.4, -0.2) is 0 Å². The molecular formula is C31H23ClFOP. The predicted molar refractivity (Wildman–Crippen MR) is 146 cm³/mol. The molecule has 0 saturated carbocycles. The summed E-state index contributed by atoms with van der Waals surface area (Å²) in [4.78, 5) is 0. The van der Waals surface area contributed by atoms with E-state index in [0.717, 1.165) is 32.3 Å². The Bertz CT molecular complexity index is 1390. The summed E-state index contributed by atoms with van der Waals surface area (Å²) in [5.41, 5.74) is 1.79. The quantitative estimate of drug-likeness (QED) is 0.252. The zero-order valence-electron chi connectivity index (χ0n) is 18.9. The molecule has 35 heavy (non-hydrogen) atoms. The number of rotatable bonds is 4. The van der Waals surface area contributed by atoms with Crippen molar-refractivity contribution in [3.05, 3.63) is 155 Å². The van der Waals surface area contributed by atoms with Crippen LogP contribution < -0.4 is 21.2 Å². The molecule has 1 aliphatic heterocycles. The molecule has 0 amide bonds. The van der Waals surface area contributed by atoms with Crippen molar-refractivity contribution in [2.75, 3.05) is 0 Å². The van der Waals surface area contributed by atoms with E-state index in [1.165, 1.54) is 0 Å². The maximum atomic E-state index is 14.8. The molecule has 1 nitrogen and oxygen atoms in total. The van der Waals surface area contributed by atoms with Gasteiger partial charge in [-0.2, -0.15) is 0 Å². The van der Waals surface area contributed by atoms with Gasteiger partial charge in [0.05, 0.1) is 0 Å². The molecule has 0 spiro atoms. The van der Waals surface area contributed by atoms with Crippen molar-refractivity contribution in [2.24, 2.45) is 0 Å². The van der Waals surface area contributed by atoms with E-state index in [0.29, 0.717) is 5.02 Å². The molecule has 1 heterocycles. The SMILES string of the molecule is Fc1ccc2c(c1)C(c1ccc(Cl)cc1)OP2(c1ccccc1)(c1ccccc1)c1ccccc1. The van der Waals surface area contributed by atoms with Gasteiger partial charge < -0.3 is 0 Å². The van der Waals surface area contributed by atoms with Crippen LogP contribution in [0.3, 0.4) is 0 Å². The van der Waals surface area contributed by atoms with E-state index in [2.05, 4.69) is 72.8 Å². The fraction of sp³-hybridized carbons (Fsp3) is 0.0323. The zero-order valence-corrected chi connectivity index (χ0v) is 20.5. The predicted octanol–water partition coefficient (Wildman–Crippen LogP) is 6.67. The van der Waals surface area contributed by atoms with Crippen LogP contribution in [0.1, 0.15) is 17.2 Å². The molecule has 0 radical (unpaired) electrons. The Kier molecular flexibility index (Phi) is 5.34. The van der Waals surface area contributed by atoms with E-state index in [9.17, 15) is 4.39 Å². The van der Waals surface area contributed by atoms with Crippen molar-refractivity contribution >= 4 is 39.6 Å². The Morgan fingerprint density at radius 1 is 0.600 bits per heavy atom. The summed E-state index contributed by atoms with van der Waals surface area (Å²) < 4.78 is 22.4. The molecule has 1 aliphatic rings. The second kappa shape index (κ2) is 8.43. The van der Waals surface area contributed by atoms with Gasteiger partial charge in [0, 0.05) is 0 Å². The molecule has 0 N–H and O–H groups in total. The van der Waals surface area contributed by atoms with Gasteiger partial charge in [0.15, 0.2) is 0 Å². The van der Waals surface area contributed by atoms with Gasteiger partial charge in [-0.3, -0.25) is 0 Å². The van der Waals surface area contributed by atoms with Crippen molar-refractivity contribution in [3.63, 3.8) is 0 Å². The molecule has 4 heteroatoms. The van der Waals surface area contributed by atoms with Crippen LogP contribution in [0, 0.1) is 5.82 Å². The summed E-state index contributed by atoms with van der Waals surface area (Å²) in [7, 11) is 0. The summed E-state index contributed by atoms with van der Waals surface area (Å²) >= 11 is 6.22. The molecule has 0 bridgehead atoms. The van der Waals surface area contributed by atoms with E-state index in [-0.39, 0.29) is 5.82 Å². The summed E-state index contributed by atoms with van der Waals surface area (Å²) in [5.74, 6) is -0.279. The third-order valence-electron chi connectivity index (χ3n) is 6.97. The van der Waals surface area contributed by atoms with Gasteiger partial charge in [-0.05, 0) is 0 Å². The van der Waals surface area contributed by atoms with Crippen molar-refractivity contribution in [2.45, 2.75) is 6.10 Å². The molecule has 5 aromatic rings. The Morgan fingerprint density at radius 2 is 1.09 bits per heavy atom. The van der Waals surface area contributed by atoms with E-state index in [1.807, 2.05) is 48.5 Å². The van der Waals surface area contributed by atoms with Crippen LogP contribution >= 0.6 is 18.4 Å². The second-order valence-electron chi connectivity index (χ2n) is 8.78. The zero-order chi connectivity index (χ0) is 23.9. The van der Waals surface area contributed by atoms with Gasteiger partial charge in [0.2, 0.25) is 0 Å². The first-order chi connectivity index (χ1) is 17.1. The number of hydrogen-bond acceptors (Lipinski definition) is 1. The van der Waals surface area contributed by atoms with Gasteiger partial charge in [0.25, 0.3) is 0 Å². The molecule has 1 atom stereocenters. The normalized spacial score (nSPS) is 18.8. The number of halogens is 2. The van der Waals surface area contributed by atoms with Crippen LogP contribution in [0.15, 0.2) is 133 Å². The van der Waals surface area contributed by atoms with Crippen molar-refractivity contribution in [3.8, 4) is 0 Å². The molecular weight excluding hydrogens is 474 g/mol. The minimum atomic E-state index is -3.74. The van der Waals surface area contributed by atoms with Crippen molar-refractivity contribution in [1.82, 2.24) is 0 Å². The second-order valence-corrected chi connectivity index (χ2v) is 13.5. The average molecular weight is 497 g/mol. The third kappa shape index (κ3) is 3.15. The summed E-state index contributed by atoms with van der Waals surface area (Å²) in [5, 5.41) is 4.93. The topological polar surface area (TPSA) is 9.23 Å². The minimum absolute atomic E-state index is 0.279. The van der Waals surface area contributed by atoms with Gasteiger partial charge >= 0.3 is 210 Å². The third-order valence-corrected chi connectivity index (χ3v) is 13.0. The first-order valence-electron chi connectivity index (χ1n) is 11.6. The Morgan fingerprint density at radius 3 is 1.57 bits per heavy atom. The Balaban J connectivity index is 1.82. The summed E-state index contributed by atoms with van der Waals surface area (Å²) in [6, 6.07) is 44.1. The van der Waals surface area contributed by atoms with E-state index in [1.54, 1.807) is 12.1 Å². The molecule has 0 aliphatic carbocycles. The Hall–Kier alpha value is -3.29. The van der Waals surface area contributed by atoms with Crippen molar-refractivity contribution < 1.29 is 8.91 Å². The number of hydrogen-bond donors (Lipinski definition) is 0. The van der Waals surface area contributed by atoms with Crippen LogP contribution in [0.4, 0.5) is 4.39 Å². The molecule has 0 fully saturated rings. The number of fused-ring (bicyclic) bond motifs is 1. The molecule has 172 valence electrons. The number of benzene rings is 5. The Labute approximate surface area is 209 Å². The first kappa shape index (κ1) is 22.2. The molecule has 0 aromatic heterocycles. The molecule has 0 saturated heterocycles. The van der Waals surface area contributed by atoms with Crippen molar-refractivity contribution in [1.29, 1.82) is 0 Å². The van der Waals surface area contributed by atoms with Crippen LogP contribution in [-0.2, 0) is 4.52 Å². The molecule has 1 unspecified atom stereocenters. The molecule has 6 rings (SSSR count). The first-order valence-corrected chi connectivity index (χ1v) is 14.1.